The van der Waals surface area contributed by atoms with Gasteiger partial charge < -0.3 is 10.8 Å². The second kappa shape index (κ2) is 11.6. The van der Waals surface area contributed by atoms with Crippen molar-refractivity contribution < 1.29 is 14.3 Å². The molecule has 0 aliphatic carbocycles. The van der Waals surface area contributed by atoms with E-state index < -0.39 is 17.3 Å². The molecule has 0 heterocycles. The van der Waals surface area contributed by atoms with Crippen LogP contribution in [0.15, 0.2) is 11.9 Å². The smallest absolute Gasteiger partial charge is 0.340 e. The molecule has 19 heavy (non-hydrogen) atoms. The van der Waals surface area contributed by atoms with Crippen molar-refractivity contribution >= 4 is 61.2 Å². The second-order valence-electron chi connectivity index (χ2n) is 3.59. The SMILES string of the molecule is CC(=[N+]=CI)NCC/C=C(\F)[C@](C)(N)C(=O)O.CI. The van der Waals surface area contributed by atoms with Gasteiger partial charge in [0.25, 0.3) is 0 Å². The maximum Gasteiger partial charge on any atom is 0.340 e. The molecular weight excluding hydrogens is 479 g/mol. The van der Waals surface area contributed by atoms with E-state index in [0.717, 1.165) is 6.92 Å². The molecule has 0 unspecified atom stereocenters. The molecule has 0 rings (SSSR count). The van der Waals surface area contributed by atoms with Crippen molar-refractivity contribution in [3.05, 3.63) is 11.9 Å². The Morgan fingerprint density at radius 1 is 1.58 bits per heavy atom. The van der Waals surface area contributed by atoms with Gasteiger partial charge in [-0.25, -0.2) is 13.9 Å². The molecule has 5 nitrogen and oxygen atoms in total. The lowest BCUT2D eigenvalue weighted by molar-refractivity contribution is -0.141. The molecule has 0 radical (unpaired) electrons. The van der Waals surface area contributed by atoms with Gasteiger partial charge in [0.1, 0.15) is 5.83 Å². The van der Waals surface area contributed by atoms with Gasteiger partial charge in [-0.2, -0.15) is 0 Å². The lowest BCUT2D eigenvalue weighted by atomic mass is 10.0. The van der Waals surface area contributed by atoms with E-state index in [1.165, 1.54) is 6.08 Å². The van der Waals surface area contributed by atoms with Gasteiger partial charge in [0.2, 0.25) is 4.22 Å². The fourth-order valence-corrected chi connectivity index (χ4v) is 1.30. The minimum atomic E-state index is -1.96. The number of carbonyl (C=O) groups is 1. The topological polar surface area (TPSA) is 89.5 Å². The molecule has 4 N–H and O–H groups in total. The van der Waals surface area contributed by atoms with Gasteiger partial charge in [-0.05, 0) is 17.9 Å². The molecule has 0 aliphatic heterocycles. The number of aliphatic carboxylic acids is 1. The number of hydrogen-bond donors (Lipinski definition) is 3. The van der Waals surface area contributed by atoms with E-state index in [-0.39, 0.29) is 0 Å². The maximum atomic E-state index is 13.4. The molecule has 0 spiro atoms. The Morgan fingerprint density at radius 2 is 2.11 bits per heavy atom. The van der Waals surface area contributed by atoms with Crippen molar-refractivity contribution in [1.82, 2.24) is 9.98 Å². The molecule has 0 aliphatic rings. The molecule has 0 amide bonds. The summed E-state index contributed by atoms with van der Waals surface area (Å²) in [6.07, 6.45) is 1.50. The van der Waals surface area contributed by atoms with Crippen molar-refractivity contribution in [2.45, 2.75) is 25.8 Å². The van der Waals surface area contributed by atoms with Crippen LogP contribution in [0.5, 0.6) is 0 Å². The first-order valence-corrected chi connectivity index (χ1v) is 8.69. The van der Waals surface area contributed by atoms with Crippen LogP contribution in [0.25, 0.3) is 0 Å². The molecule has 0 saturated carbocycles. The first kappa shape index (κ1) is 21.1. The van der Waals surface area contributed by atoms with Gasteiger partial charge in [0.05, 0.1) is 13.5 Å². The molecule has 0 bridgehead atoms. The number of hydrogen-bond acceptors (Lipinski definition) is 2. The van der Waals surface area contributed by atoms with E-state index >= 15 is 0 Å². The second-order valence-corrected chi connectivity index (χ2v) is 4.14. The fourth-order valence-electron chi connectivity index (χ4n) is 0.885. The summed E-state index contributed by atoms with van der Waals surface area (Å²) in [6.45, 7) is 3.36. The maximum absolute atomic E-state index is 13.4. The van der Waals surface area contributed by atoms with Crippen LogP contribution < -0.4 is 15.7 Å². The average Bonchev–Trinajstić information content (AvgIpc) is 2.36. The molecule has 8 heteroatoms. The van der Waals surface area contributed by atoms with Crippen LogP contribution in [0, 0.1) is 0 Å². The number of halogens is 3. The van der Waals surface area contributed by atoms with E-state index in [4.69, 9.17) is 10.8 Å². The molecule has 0 aromatic heterocycles. The summed E-state index contributed by atoms with van der Waals surface area (Å²) in [5.74, 6) is -1.53. The highest BCUT2D eigenvalue weighted by Gasteiger charge is 2.33. The number of rotatable bonds is 5. The highest BCUT2D eigenvalue weighted by atomic mass is 127. The Bertz CT molecular complexity index is 378. The number of carboxylic acids is 1. The van der Waals surface area contributed by atoms with Gasteiger partial charge in [-0.15, -0.1) is 0 Å². The molecular formula is C11H19FI2N3O2+. The minimum absolute atomic E-state index is 0.333. The molecule has 0 aromatic rings. The minimum Gasteiger partial charge on any atom is -0.480 e. The van der Waals surface area contributed by atoms with Gasteiger partial charge in [-0.1, -0.05) is 22.6 Å². The summed E-state index contributed by atoms with van der Waals surface area (Å²) in [5, 5.41) is 11.6. The first-order valence-electron chi connectivity index (χ1n) is 5.28. The Morgan fingerprint density at radius 3 is 2.53 bits per heavy atom. The van der Waals surface area contributed by atoms with Gasteiger partial charge >= 0.3 is 11.8 Å². The predicted octanol–water partition coefficient (Wildman–Crippen LogP) is 1.62. The summed E-state index contributed by atoms with van der Waals surface area (Å²) < 4.78 is 19.0. The van der Waals surface area contributed by atoms with Crippen molar-refractivity contribution in [1.29, 1.82) is 0 Å². The highest BCUT2D eigenvalue weighted by Crippen LogP contribution is 2.15. The van der Waals surface area contributed by atoms with Crippen LogP contribution in [0.4, 0.5) is 4.39 Å². The summed E-state index contributed by atoms with van der Waals surface area (Å²) >= 11 is 4.14. The molecule has 1 atom stereocenters. The number of amidine groups is 1. The number of alkyl halides is 1. The number of nitrogens with two attached hydrogens (primary N) is 1. The number of nitrogens with one attached hydrogen (secondary N) is 1. The normalized spacial score (nSPS) is 13.3. The lowest BCUT2D eigenvalue weighted by Gasteiger charge is -2.16. The summed E-state index contributed by atoms with van der Waals surface area (Å²) in [4.78, 5) is 12.6. The van der Waals surface area contributed by atoms with Crippen molar-refractivity contribution in [3.63, 3.8) is 0 Å². The Balaban J connectivity index is 0. The summed E-state index contributed by atoms with van der Waals surface area (Å²) in [5.41, 5.74) is 3.34. The van der Waals surface area contributed by atoms with E-state index in [9.17, 15) is 9.18 Å². The third-order valence-electron chi connectivity index (χ3n) is 2.03. The van der Waals surface area contributed by atoms with Crippen molar-refractivity contribution in [2.24, 2.45) is 5.73 Å². The third-order valence-corrected chi connectivity index (χ3v) is 2.31. The Labute approximate surface area is 139 Å². The van der Waals surface area contributed by atoms with E-state index in [1.54, 1.807) is 11.1 Å². The van der Waals surface area contributed by atoms with Crippen LogP contribution >= 0.6 is 45.2 Å². The van der Waals surface area contributed by atoms with Crippen LogP contribution in [-0.4, -0.2) is 38.1 Å². The third kappa shape index (κ3) is 9.36. The fraction of sp³-hybridized carbons (Fsp3) is 0.545. The molecule has 0 aromatic carbocycles. The summed E-state index contributed by atoms with van der Waals surface area (Å²) in [7, 11) is 0. The lowest BCUT2D eigenvalue weighted by Crippen LogP contribution is -2.45. The zero-order valence-electron chi connectivity index (χ0n) is 11.1. The van der Waals surface area contributed by atoms with Crippen LogP contribution in [0.1, 0.15) is 20.3 Å². The quantitative estimate of drug-likeness (QED) is 0.134. The average molecular weight is 498 g/mol. The molecule has 0 fully saturated rings. The van der Waals surface area contributed by atoms with Crippen LogP contribution in [0.2, 0.25) is 0 Å². The van der Waals surface area contributed by atoms with Crippen molar-refractivity contribution in [3.8, 4) is 0 Å². The molecule has 0 saturated heterocycles. The van der Waals surface area contributed by atoms with Gasteiger partial charge in [-0.3, -0.25) is 5.32 Å². The Kier molecular flexibility index (Phi) is 12.9. The standard InChI is InChI=1S/C10H15FIN3O2.CH3I/c1-7(15-6-12)14-5-3-4-8(11)10(2,13)9(16)17;1-2/h4,6H,3,5,13H2,1-2H3,(H,16,17);1H3/p+1/b8-4-;/t10-;/m0./s1. The van der Waals surface area contributed by atoms with E-state index in [2.05, 4.69) is 32.6 Å². The highest BCUT2D eigenvalue weighted by molar-refractivity contribution is 14.1. The Hall–Kier alpha value is -0.190. The number of carboxylic acid groups (broad SMARTS) is 1. The zero-order valence-corrected chi connectivity index (χ0v) is 15.4. The largest absolute Gasteiger partial charge is 0.480 e. The molecule has 110 valence electrons. The van der Waals surface area contributed by atoms with Crippen LogP contribution in [0.3, 0.4) is 0 Å². The predicted molar refractivity (Wildman–Crippen MR) is 94.9 cm³/mol. The summed E-state index contributed by atoms with van der Waals surface area (Å²) in [6, 6.07) is 0. The van der Waals surface area contributed by atoms with Crippen LogP contribution in [-0.2, 0) is 4.79 Å². The van der Waals surface area contributed by atoms with Gasteiger partial charge in [0, 0.05) is 29.0 Å². The van der Waals surface area contributed by atoms with E-state index in [1.807, 2.05) is 27.5 Å². The monoisotopic (exact) mass is 498 g/mol. The zero-order chi connectivity index (χ0) is 15.5. The van der Waals surface area contributed by atoms with E-state index in [0.29, 0.717) is 18.8 Å². The first-order chi connectivity index (χ1) is 8.82. The number of nitrogens with zero attached hydrogens (tertiary/aromatic N) is 1. The van der Waals surface area contributed by atoms with Crippen molar-refractivity contribution in [2.75, 3.05) is 11.5 Å². The van der Waals surface area contributed by atoms with Gasteiger partial charge in [0.15, 0.2) is 5.54 Å².